The van der Waals surface area contributed by atoms with E-state index in [1.54, 1.807) is 0 Å². The number of carbonyl (C=O) groups is 2. The molecule has 0 aliphatic rings. The van der Waals surface area contributed by atoms with Gasteiger partial charge >= 0.3 is 11.7 Å². The molecule has 0 unspecified atom stereocenters. The Morgan fingerprint density at radius 2 is 1.96 bits per heavy atom. The first kappa shape index (κ1) is 16.4. The van der Waals surface area contributed by atoms with Gasteiger partial charge in [0, 0.05) is 33.3 Å². The molecule has 2 rings (SSSR count). The topological polar surface area (TPSA) is 123 Å². The van der Waals surface area contributed by atoms with E-state index in [-0.39, 0.29) is 29.6 Å². The molecule has 0 aliphatic carbocycles. The third kappa shape index (κ3) is 3.28. The highest BCUT2D eigenvalue weighted by molar-refractivity contribution is 5.96. The molecule has 1 amide bonds. The Kier molecular flexibility index (Phi) is 4.58. The summed E-state index contributed by atoms with van der Waals surface area (Å²) in [4.78, 5) is 50.4. The molecule has 23 heavy (non-hydrogen) atoms. The summed E-state index contributed by atoms with van der Waals surface area (Å²) in [6.45, 7) is 0.203. The van der Waals surface area contributed by atoms with Crippen molar-refractivity contribution >= 4 is 22.9 Å². The summed E-state index contributed by atoms with van der Waals surface area (Å²) in [5.41, 5.74) is -0.666. The highest BCUT2D eigenvalue weighted by Gasteiger charge is 2.13. The van der Waals surface area contributed by atoms with Gasteiger partial charge < -0.3 is 10.4 Å². The lowest BCUT2D eigenvalue weighted by Gasteiger charge is -2.08. The molecule has 2 aromatic heterocycles. The van der Waals surface area contributed by atoms with Crippen LogP contribution in [0.2, 0.25) is 0 Å². The summed E-state index contributed by atoms with van der Waals surface area (Å²) >= 11 is 0. The fraction of sp³-hybridized carbons (Fsp3) is 0.357. The van der Waals surface area contributed by atoms with Gasteiger partial charge in [-0.3, -0.25) is 23.5 Å². The minimum Gasteiger partial charge on any atom is -0.481 e. The molecule has 9 nitrogen and oxygen atoms in total. The van der Waals surface area contributed by atoms with Gasteiger partial charge in [-0.05, 0) is 12.5 Å². The lowest BCUT2D eigenvalue weighted by atomic mass is 10.2. The van der Waals surface area contributed by atoms with Crippen LogP contribution < -0.4 is 16.6 Å². The Morgan fingerprint density at radius 1 is 1.26 bits per heavy atom. The van der Waals surface area contributed by atoms with Gasteiger partial charge in [0.15, 0.2) is 0 Å². The maximum atomic E-state index is 12.1. The first-order valence-electron chi connectivity index (χ1n) is 6.88. The second kappa shape index (κ2) is 6.42. The molecule has 0 aliphatic heterocycles. The van der Waals surface area contributed by atoms with E-state index in [1.165, 1.54) is 30.9 Å². The third-order valence-electron chi connectivity index (χ3n) is 3.41. The number of amides is 1. The average molecular weight is 320 g/mol. The number of aryl methyl sites for hydroxylation is 1. The predicted molar refractivity (Wildman–Crippen MR) is 81.4 cm³/mol. The molecule has 2 N–H and O–H groups in total. The van der Waals surface area contributed by atoms with Gasteiger partial charge in [-0.25, -0.2) is 9.78 Å². The lowest BCUT2D eigenvalue weighted by Crippen LogP contribution is -2.37. The van der Waals surface area contributed by atoms with Crippen LogP contribution in [0.1, 0.15) is 23.2 Å². The van der Waals surface area contributed by atoms with E-state index in [4.69, 9.17) is 5.11 Å². The highest BCUT2D eigenvalue weighted by Crippen LogP contribution is 2.07. The van der Waals surface area contributed by atoms with Crippen molar-refractivity contribution in [3.63, 3.8) is 0 Å². The van der Waals surface area contributed by atoms with Crippen molar-refractivity contribution in [2.24, 2.45) is 14.1 Å². The van der Waals surface area contributed by atoms with Crippen LogP contribution in [0.15, 0.2) is 21.9 Å². The van der Waals surface area contributed by atoms with Crippen molar-refractivity contribution in [2.45, 2.75) is 12.8 Å². The predicted octanol–water partition coefficient (Wildman–Crippen LogP) is -0.773. The van der Waals surface area contributed by atoms with Crippen molar-refractivity contribution in [3.05, 3.63) is 38.7 Å². The van der Waals surface area contributed by atoms with E-state index in [0.29, 0.717) is 6.42 Å². The van der Waals surface area contributed by atoms with E-state index in [9.17, 15) is 19.2 Å². The van der Waals surface area contributed by atoms with Gasteiger partial charge in [-0.2, -0.15) is 0 Å². The second-order valence-corrected chi connectivity index (χ2v) is 5.05. The summed E-state index contributed by atoms with van der Waals surface area (Å²) < 4.78 is 2.17. The van der Waals surface area contributed by atoms with Crippen molar-refractivity contribution in [1.82, 2.24) is 19.4 Å². The van der Waals surface area contributed by atoms with Crippen molar-refractivity contribution in [2.75, 3.05) is 6.54 Å². The monoisotopic (exact) mass is 320 g/mol. The van der Waals surface area contributed by atoms with Gasteiger partial charge in [-0.1, -0.05) is 0 Å². The molecule has 0 saturated heterocycles. The number of aromatic nitrogens is 3. The molecule has 0 radical (unpaired) electrons. The molecule has 0 fully saturated rings. The van der Waals surface area contributed by atoms with E-state index < -0.39 is 23.1 Å². The minimum absolute atomic E-state index is 0.0428. The number of hydrogen-bond acceptors (Lipinski definition) is 5. The van der Waals surface area contributed by atoms with E-state index in [2.05, 4.69) is 10.3 Å². The molecule has 2 aromatic rings. The molecule has 0 aromatic carbocycles. The van der Waals surface area contributed by atoms with Gasteiger partial charge in [0.25, 0.3) is 11.5 Å². The van der Waals surface area contributed by atoms with E-state index >= 15 is 0 Å². The van der Waals surface area contributed by atoms with Crippen LogP contribution in [-0.2, 0) is 18.9 Å². The largest absolute Gasteiger partial charge is 0.481 e. The summed E-state index contributed by atoms with van der Waals surface area (Å²) in [7, 11) is 2.84. The molecule has 0 saturated carbocycles. The van der Waals surface area contributed by atoms with Gasteiger partial charge in [0.1, 0.15) is 5.65 Å². The minimum atomic E-state index is -0.934. The molecule has 0 bridgehead atoms. The number of fused-ring (bicyclic) bond motifs is 1. The average Bonchev–Trinajstić information content (AvgIpc) is 2.54. The lowest BCUT2D eigenvalue weighted by molar-refractivity contribution is -0.137. The number of carbonyl (C=O) groups excluding carboxylic acids is 1. The smallest absolute Gasteiger partial charge is 0.332 e. The van der Waals surface area contributed by atoms with Crippen LogP contribution in [0.5, 0.6) is 0 Å². The Labute approximate surface area is 130 Å². The van der Waals surface area contributed by atoms with Crippen LogP contribution in [0, 0.1) is 0 Å². The van der Waals surface area contributed by atoms with E-state index in [1.807, 2.05) is 0 Å². The fourth-order valence-electron chi connectivity index (χ4n) is 2.13. The zero-order chi connectivity index (χ0) is 17.1. The number of aliphatic carboxylic acids is 1. The fourth-order valence-corrected chi connectivity index (χ4v) is 2.13. The molecule has 9 heteroatoms. The first-order valence-corrected chi connectivity index (χ1v) is 6.88. The second-order valence-electron chi connectivity index (χ2n) is 5.05. The zero-order valence-corrected chi connectivity index (χ0v) is 12.7. The highest BCUT2D eigenvalue weighted by atomic mass is 16.4. The molecule has 2 heterocycles. The quantitative estimate of drug-likeness (QED) is 0.697. The standard InChI is InChI=1S/C14H16N4O5/c1-17-11-9(13(22)18(2)14(17)23)6-8(7-16-11)12(21)15-5-3-4-10(19)20/h6-7H,3-5H2,1-2H3,(H,15,21)(H,19,20). The van der Waals surface area contributed by atoms with Crippen LogP contribution in [0.3, 0.4) is 0 Å². The van der Waals surface area contributed by atoms with Crippen LogP contribution in [-0.4, -0.2) is 37.6 Å². The maximum absolute atomic E-state index is 12.1. The van der Waals surface area contributed by atoms with Crippen molar-refractivity contribution in [1.29, 1.82) is 0 Å². The molecule has 122 valence electrons. The summed E-state index contributed by atoms with van der Waals surface area (Å²) in [5.74, 6) is -1.39. The first-order chi connectivity index (χ1) is 10.8. The molecular weight excluding hydrogens is 304 g/mol. The Hall–Kier alpha value is -2.97. The number of carboxylic acid groups (broad SMARTS) is 1. The van der Waals surface area contributed by atoms with Crippen LogP contribution in [0.25, 0.3) is 11.0 Å². The zero-order valence-electron chi connectivity index (χ0n) is 12.7. The molecule has 0 spiro atoms. The summed E-state index contributed by atoms with van der Waals surface area (Å²) in [6, 6.07) is 1.37. The molecular formula is C14H16N4O5. The number of nitrogens with one attached hydrogen (secondary N) is 1. The number of pyridine rings is 1. The number of hydrogen-bond donors (Lipinski definition) is 2. The third-order valence-corrected chi connectivity index (χ3v) is 3.41. The molecule has 0 atom stereocenters. The van der Waals surface area contributed by atoms with E-state index in [0.717, 1.165) is 4.57 Å². The Morgan fingerprint density at radius 3 is 2.61 bits per heavy atom. The normalized spacial score (nSPS) is 10.7. The Bertz CT molecular complexity index is 896. The summed E-state index contributed by atoms with van der Waals surface area (Å²) in [5, 5.41) is 11.3. The van der Waals surface area contributed by atoms with Crippen LogP contribution >= 0.6 is 0 Å². The number of carboxylic acids is 1. The Balaban J connectivity index is 2.30. The maximum Gasteiger partial charge on any atom is 0.332 e. The summed E-state index contributed by atoms with van der Waals surface area (Å²) in [6.07, 6.45) is 1.53. The van der Waals surface area contributed by atoms with Gasteiger partial charge in [-0.15, -0.1) is 0 Å². The van der Waals surface area contributed by atoms with Gasteiger partial charge in [0.05, 0.1) is 10.9 Å². The van der Waals surface area contributed by atoms with Crippen molar-refractivity contribution in [3.8, 4) is 0 Å². The number of rotatable bonds is 5. The SMILES string of the molecule is Cn1c(=O)c2cc(C(=O)NCCCC(=O)O)cnc2n(C)c1=O. The van der Waals surface area contributed by atoms with Gasteiger partial charge in [0.2, 0.25) is 0 Å². The van der Waals surface area contributed by atoms with Crippen molar-refractivity contribution < 1.29 is 14.7 Å². The number of nitrogens with zero attached hydrogens (tertiary/aromatic N) is 3. The van der Waals surface area contributed by atoms with Crippen LogP contribution in [0.4, 0.5) is 0 Å².